The van der Waals surface area contributed by atoms with E-state index in [-0.39, 0.29) is 36.2 Å². The van der Waals surface area contributed by atoms with Crippen molar-refractivity contribution >= 4 is 17.6 Å². The SMILES string of the molecule is CC(C(N)=O)C(C)(C)C[CH]C(=O)NC1C(=O)CO[C@H]1CN1CCCC1. The lowest BCUT2D eigenvalue weighted by Gasteiger charge is -2.29. The Morgan fingerprint density at radius 3 is 2.64 bits per heavy atom. The topological polar surface area (TPSA) is 102 Å². The smallest absolute Gasteiger partial charge is 0.224 e. The molecule has 2 rings (SSSR count). The molecular formula is C18H30N3O4. The second-order valence-electron chi connectivity index (χ2n) is 7.83. The Morgan fingerprint density at radius 2 is 2.04 bits per heavy atom. The molecule has 7 nitrogen and oxygen atoms in total. The first-order valence-electron chi connectivity index (χ1n) is 9.00. The molecule has 0 bridgehead atoms. The summed E-state index contributed by atoms with van der Waals surface area (Å²) < 4.78 is 5.57. The number of hydrogen-bond acceptors (Lipinski definition) is 5. The van der Waals surface area contributed by atoms with Crippen LogP contribution in [0.1, 0.15) is 40.0 Å². The van der Waals surface area contributed by atoms with Crippen LogP contribution in [0.2, 0.25) is 0 Å². The van der Waals surface area contributed by atoms with Gasteiger partial charge in [0.15, 0.2) is 5.78 Å². The van der Waals surface area contributed by atoms with Crippen molar-refractivity contribution in [3.63, 3.8) is 0 Å². The number of carbonyl (C=O) groups excluding carboxylic acids is 3. The number of hydrogen-bond donors (Lipinski definition) is 2. The maximum absolute atomic E-state index is 12.3. The van der Waals surface area contributed by atoms with Gasteiger partial charge in [-0.05, 0) is 37.8 Å². The number of primary amides is 1. The maximum atomic E-state index is 12.3. The van der Waals surface area contributed by atoms with E-state index in [1.54, 1.807) is 6.92 Å². The van der Waals surface area contributed by atoms with Crippen molar-refractivity contribution in [1.82, 2.24) is 10.2 Å². The Hall–Kier alpha value is -1.47. The molecule has 2 amide bonds. The van der Waals surface area contributed by atoms with Gasteiger partial charge in [-0.1, -0.05) is 20.8 Å². The van der Waals surface area contributed by atoms with Crippen LogP contribution >= 0.6 is 0 Å². The number of rotatable bonds is 8. The zero-order valence-electron chi connectivity index (χ0n) is 15.4. The van der Waals surface area contributed by atoms with Gasteiger partial charge >= 0.3 is 0 Å². The van der Waals surface area contributed by atoms with Crippen LogP contribution in [-0.4, -0.2) is 60.9 Å². The number of ketones is 1. The average Bonchev–Trinajstić information content (AvgIpc) is 3.17. The van der Waals surface area contributed by atoms with E-state index in [1.807, 2.05) is 13.8 Å². The van der Waals surface area contributed by atoms with Gasteiger partial charge < -0.3 is 20.7 Å². The zero-order valence-corrected chi connectivity index (χ0v) is 15.4. The normalized spacial score (nSPS) is 26.0. The van der Waals surface area contributed by atoms with Gasteiger partial charge in [0, 0.05) is 12.5 Å². The monoisotopic (exact) mass is 352 g/mol. The van der Waals surface area contributed by atoms with E-state index in [9.17, 15) is 14.4 Å². The number of ether oxygens (including phenoxy) is 1. The van der Waals surface area contributed by atoms with E-state index < -0.39 is 11.5 Å². The largest absolute Gasteiger partial charge is 0.369 e. The van der Waals surface area contributed by atoms with Crippen LogP contribution in [0, 0.1) is 17.8 Å². The standard InChI is InChI=1S/C18H30N3O4/c1-12(17(19)24)18(2,3)7-6-15(23)20-16-13(22)11-25-14(16)10-21-8-4-5-9-21/h6,12,14,16H,4-5,7-11H2,1-3H3,(H2,19,24)(H,20,23)/t12?,14-,16?/m0/s1. The van der Waals surface area contributed by atoms with Crippen molar-refractivity contribution in [2.24, 2.45) is 17.1 Å². The maximum Gasteiger partial charge on any atom is 0.224 e. The van der Waals surface area contributed by atoms with E-state index in [2.05, 4.69) is 10.2 Å². The number of nitrogens with one attached hydrogen (secondary N) is 1. The van der Waals surface area contributed by atoms with Crippen LogP contribution in [0.15, 0.2) is 0 Å². The van der Waals surface area contributed by atoms with E-state index in [0.717, 1.165) is 13.1 Å². The molecule has 2 unspecified atom stereocenters. The Bertz CT molecular complexity index is 514. The molecule has 2 fully saturated rings. The fraction of sp³-hybridized carbons (Fsp3) is 0.778. The predicted molar refractivity (Wildman–Crippen MR) is 93.4 cm³/mol. The van der Waals surface area contributed by atoms with Crippen molar-refractivity contribution in [3.8, 4) is 0 Å². The van der Waals surface area contributed by atoms with Crippen LogP contribution in [0.4, 0.5) is 0 Å². The number of amides is 2. The number of carbonyl (C=O) groups is 3. The van der Waals surface area contributed by atoms with Gasteiger partial charge in [0.2, 0.25) is 11.8 Å². The van der Waals surface area contributed by atoms with Crippen molar-refractivity contribution in [3.05, 3.63) is 6.42 Å². The number of nitrogens with two attached hydrogens (primary N) is 1. The molecule has 25 heavy (non-hydrogen) atoms. The molecule has 1 radical (unpaired) electrons. The van der Waals surface area contributed by atoms with E-state index in [4.69, 9.17) is 10.5 Å². The molecular weight excluding hydrogens is 322 g/mol. The summed E-state index contributed by atoms with van der Waals surface area (Å²) in [5.74, 6) is -1.13. The van der Waals surface area contributed by atoms with Gasteiger partial charge in [0.05, 0.1) is 12.5 Å². The lowest BCUT2D eigenvalue weighted by Crippen LogP contribution is -2.49. The highest BCUT2D eigenvalue weighted by Crippen LogP contribution is 2.31. The fourth-order valence-corrected chi connectivity index (χ4v) is 3.26. The number of likely N-dealkylation sites (tertiary alicyclic amines) is 1. The Kier molecular flexibility index (Phi) is 6.57. The average molecular weight is 352 g/mol. The molecule has 3 N–H and O–H groups in total. The molecule has 2 saturated heterocycles. The second kappa shape index (κ2) is 8.27. The second-order valence-corrected chi connectivity index (χ2v) is 7.83. The van der Waals surface area contributed by atoms with Gasteiger partial charge in [-0.3, -0.25) is 14.4 Å². The quantitative estimate of drug-likeness (QED) is 0.653. The molecule has 0 aromatic heterocycles. The summed E-state index contributed by atoms with van der Waals surface area (Å²) in [4.78, 5) is 38.0. The molecule has 2 aliphatic rings. The van der Waals surface area contributed by atoms with Crippen LogP contribution in [0.25, 0.3) is 0 Å². The summed E-state index contributed by atoms with van der Waals surface area (Å²) in [6.07, 6.45) is 3.94. The first kappa shape index (κ1) is 19.8. The molecule has 7 heteroatoms. The van der Waals surface area contributed by atoms with Crippen molar-refractivity contribution in [1.29, 1.82) is 0 Å². The van der Waals surface area contributed by atoms with Gasteiger partial charge in [0.25, 0.3) is 0 Å². The van der Waals surface area contributed by atoms with Gasteiger partial charge in [0.1, 0.15) is 12.6 Å². The third kappa shape index (κ3) is 5.25. The Morgan fingerprint density at radius 1 is 1.40 bits per heavy atom. The summed E-state index contributed by atoms with van der Waals surface area (Å²) in [5.41, 5.74) is 4.93. The minimum atomic E-state index is -0.596. The first-order valence-corrected chi connectivity index (χ1v) is 9.00. The van der Waals surface area contributed by atoms with Crippen LogP contribution < -0.4 is 11.1 Å². The lowest BCUT2D eigenvalue weighted by molar-refractivity contribution is -0.126. The molecule has 3 atom stereocenters. The van der Waals surface area contributed by atoms with Gasteiger partial charge in [-0.2, -0.15) is 0 Å². The van der Waals surface area contributed by atoms with E-state index in [0.29, 0.717) is 13.0 Å². The number of Topliss-reactive ketones (excluding diaryl/α,β-unsaturated/α-hetero) is 1. The van der Waals surface area contributed by atoms with E-state index in [1.165, 1.54) is 19.3 Å². The van der Waals surface area contributed by atoms with Crippen LogP contribution in [0.5, 0.6) is 0 Å². The number of nitrogens with zero attached hydrogens (tertiary/aromatic N) is 1. The highest BCUT2D eigenvalue weighted by atomic mass is 16.5. The zero-order chi connectivity index (χ0) is 18.6. The third-order valence-corrected chi connectivity index (χ3v) is 5.51. The molecule has 0 spiro atoms. The van der Waals surface area contributed by atoms with Crippen LogP contribution in [-0.2, 0) is 19.1 Å². The van der Waals surface area contributed by atoms with Crippen molar-refractivity contribution in [2.45, 2.75) is 52.2 Å². The highest BCUT2D eigenvalue weighted by Gasteiger charge is 2.38. The minimum absolute atomic E-state index is 0.0493. The molecule has 0 aromatic rings. The predicted octanol–water partition coefficient (Wildman–Crippen LogP) is 0.277. The summed E-state index contributed by atoms with van der Waals surface area (Å²) >= 11 is 0. The van der Waals surface area contributed by atoms with Crippen molar-refractivity contribution in [2.75, 3.05) is 26.2 Å². The van der Waals surface area contributed by atoms with Gasteiger partial charge in [-0.25, -0.2) is 0 Å². The van der Waals surface area contributed by atoms with Crippen molar-refractivity contribution < 1.29 is 19.1 Å². The molecule has 2 aliphatic heterocycles. The highest BCUT2D eigenvalue weighted by molar-refractivity contribution is 5.94. The molecule has 0 aromatic carbocycles. The Balaban J connectivity index is 1.85. The molecule has 2 heterocycles. The van der Waals surface area contributed by atoms with Gasteiger partial charge in [-0.15, -0.1) is 0 Å². The molecule has 141 valence electrons. The summed E-state index contributed by atoms with van der Waals surface area (Å²) in [7, 11) is 0. The third-order valence-electron chi connectivity index (χ3n) is 5.51. The first-order chi connectivity index (χ1) is 11.7. The molecule has 0 saturated carbocycles. The summed E-state index contributed by atoms with van der Waals surface area (Å²) in [5, 5.41) is 2.78. The Labute approximate surface area is 149 Å². The molecule has 0 aliphatic carbocycles. The lowest BCUT2D eigenvalue weighted by atomic mass is 9.76. The summed E-state index contributed by atoms with van der Waals surface area (Å²) in [6, 6.07) is -0.596. The summed E-state index contributed by atoms with van der Waals surface area (Å²) in [6.45, 7) is 8.29. The van der Waals surface area contributed by atoms with Crippen LogP contribution in [0.3, 0.4) is 0 Å². The fourth-order valence-electron chi connectivity index (χ4n) is 3.26. The minimum Gasteiger partial charge on any atom is -0.369 e. The van der Waals surface area contributed by atoms with E-state index >= 15 is 0 Å².